The van der Waals surface area contributed by atoms with E-state index in [1.165, 1.54) is 0 Å². The van der Waals surface area contributed by atoms with Crippen molar-refractivity contribution in [1.82, 2.24) is 10.6 Å². The highest BCUT2D eigenvalue weighted by Crippen LogP contribution is 2.18. The molecule has 2 rings (SSSR count). The summed E-state index contributed by atoms with van der Waals surface area (Å²) in [6.07, 6.45) is 6.79. The standard InChI is InChI=1S/C12H22N2O2.ClH/c15-11-7-2-1-5-9(11)14-12(16)10-6-3-4-8-13-10;/h9-11,13,15H,1-8H2,(H,14,16);1H/t9-,10?,11-;/m0./s1. The third-order valence-electron chi connectivity index (χ3n) is 3.68. The molecule has 3 N–H and O–H groups in total. The van der Waals surface area contributed by atoms with Crippen molar-refractivity contribution in [3.63, 3.8) is 0 Å². The number of amides is 1. The maximum Gasteiger partial charge on any atom is 0.237 e. The summed E-state index contributed by atoms with van der Waals surface area (Å²) in [4.78, 5) is 11.9. The second-order valence-corrected chi connectivity index (χ2v) is 4.97. The molecule has 17 heavy (non-hydrogen) atoms. The van der Waals surface area contributed by atoms with Gasteiger partial charge in [-0.15, -0.1) is 12.4 Å². The highest BCUT2D eigenvalue weighted by atomic mass is 35.5. The van der Waals surface area contributed by atoms with Gasteiger partial charge in [0.2, 0.25) is 5.91 Å². The summed E-state index contributed by atoms with van der Waals surface area (Å²) in [5.41, 5.74) is 0. The van der Waals surface area contributed by atoms with Crippen molar-refractivity contribution >= 4 is 18.3 Å². The summed E-state index contributed by atoms with van der Waals surface area (Å²) in [5.74, 6) is 0.0747. The summed E-state index contributed by atoms with van der Waals surface area (Å²) in [6, 6.07) is -0.0622. The van der Waals surface area contributed by atoms with Crippen molar-refractivity contribution in [3.8, 4) is 0 Å². The number of carbonyl (C=O) groups excluding carboxylic acids is 1. The van der Waals surface area contributed by atoms with Crippen LogP contribution in [0.4, 0.5) is 0 Å². The molecule has 1 aliphatic carbocycles. The molecule has 0 aromatic heterocycles. The van der Waals surface area contributed by atoms with Crippen LogP contribution in [-0.4, -0.2) is 35.7 Å². The fourth-order valence-corrected chi connectivity index (χ4v) is 2.64. The Kier molecular flexibility index (Phi) is 6.23. The fourth-order valence-electron chi connectivity index (χ4n) is 2.64. The Morgan fingerprint density at radius 2 is 1.82 bits per heavy atom. The number of hydrogen-bond acceptors (Lipinski definition) is 3. The molecule has 0 spiro atoms. The van der Waals surface area contributed by atoms with E-state index in [-0.39, 0.29) is 36.5 Å². The largest absolute Gasteiger partial charge is 0.391 e. The lowest BCUT2D eigenvalue weighted by Gasteiger charge is -2.31. The first-order chi connectivity index (χ1) is 7.77. The van der Waals surface area contributed by atoms with Crippen molar-refractivity contribution in [2.45, 2.75) is 63.1 Å². The van der Waals surface area contributed by atoms with E-state index in [2.05, 4.69) is 10.6 Å². The monoisotopic (exact) mass is 262 g/mol. The van der Waals surface area contributed by atoms with Crippen LogP contribution in [-0.2, 0) is 4.79 Å². The maximum atomic E-state index is 11.9. The van der Waals surface area contributed by atoms with Crippen LogP contribution in [0.1, 0.15) is 44.9 Å². The summed E-state index contributed by atoms with van der Waals surface area (Å²) >= 11 is 0. The smallest absolute Gasteiger partial charge is 0.237 e. The van der Waals surface area contributed by atoms with Crippen LogP contribution >= 0.6 is 12.4 Å². The van der Waals surface area contributed by atoms with Crippen LogP contribution in [0.2, 0.25) is 0 Å². The van der Waals surface area contributed by atoms with Gasteiger partial charge in [0.05, 0.1) is 18.2 Å². The van der Waals surface area contributed by atoms with Gasteiger partial charge >= 0.3 is 0 Å². The second-order valence-electron chi connectivity index (χ2n) is 4.97. The molecule has 1 heterocycles. The third-order valence-corrected chi connectivity index (χ3v) is 3.68. The van der Waals surface area contributed by atoms with Crippen LogP contribution in [0.15, 0.2) is 0 Å². The van der Waals surface area contributed by atoms with Gasteiger partial charge in [-0.3, -0.25) is 4.79 Å². The van der Waals surface area contributed by atoms with Crippen molar-refractivity contribution < 1.29 is 9.90 Å². The molecule has 3 atom stereocenters. The SMILES string of the molecule is Cl.O=C(N[C@H]1CCCC[C@@H]1O)C1CCCCN1. The van der Waals surface area contributed by atoms with Gasteiger partial charge in [-0.05, 0) is 32.2 Å². The summed E-state index contributed by atoms with van der Waals surface area (Å²) < 4.78 is 0. The number of aliphatic hydroxyl groups excluding tert-OH is 1. The van der Waals surface area contributed by atoms with E-state index in [1.807, 2.05) is 0 Å². The molecule has 0 aromatic rings. The molecule has 0 radical (unpaired) electrons. The topological polar surface area (TPSA) is 61.4 Å². The van der Waals surface area contributed by atoms with Crippen LogP contribution < -0.4 is 10.6 Å². The van der Waals surface area contributed by atoms with E-state index < -0.39 is 0 Å². The fraction of sp³-hybridized carbons (Fsp3) is 0.917. The predicted molar refractivity (Wildman–Crippen MR) is 69.3 cm³/mol. The minimum atomic E-state index is -0.346. The van der Waals surface area contributed by atoms with Crippen LogP contribution in [0, 0.1) is 0 Å². The predicted octanol–water partition coefficient (Wildman–Crippen LogP) is 0.970. The minimum Gasteiger partial charge on any atom is -0.391 e. The van der Waals surface area contributed by atoms with Crippen molar-refractivity contribution in [2.24, 2.45) is 0 Å². The maximum absolute atomic E-state index is 11.9. The van der Waals surface area contributed by atoms with Gasteiger partial charge in [0, 0.05) is 0 Å². The molecule has 0 aromatic carbocycles. The summed E-state index contributed by atoms with van der Waals surface area (Å²) in [7, 11) is 0. The van der Waals surface area contributed by atoms with Gasteiger partial charge in [-0.25, -0.2) is 0 Å². The lowest BCUT2D eigenvalue weighted by atomic mass is 9.92. The van der Waals surface area contributed by atoms with Gasteiger partial charge in [-0.2, -0.15) is 0 Å². The molecule has 1 saturated heterocycles. The van der Waals surface area contributed by atoms with Gasteiger partial charge in [0.15, 0.2) is 0 Å². The zero-order chi connectivity index (χ0) is 11.4. The molecular weight excluding hydrogens is 240 g/mol. The first-order valence-corrected chi connectivity index (χ1v) is 6.49. The number of nitrogens with one attached hydrogen (secondary N) is 2. The molecule has 0 bridgehead atoms. The molecule has 4 nitrogen and oxygen atoms in total. The van der Waals surface area contributed by atoms with Gasteiger partial charge in [0.1, 0.15) is 0 Å². The number of aliphatic hydroxyl groups is 1. The number of halogens is 1. The zero-order valence-corrected chi connectivity index (χ0v) is 11.0. The highest BCUT2D eigenvalue weighted by molar-refractivity contribution is 5.85. The number of hydrogen-bond donors (Lipinski definition) is 3. The van der Waals surface area contributed by atoms with Gasteiger partial charge in [-0.1, -0.05) is 19.3 Å². The van der Waals surface area contributed by atoms with Crippen LogP contribution in [0.25, 0.3) is 0 Å². The van der Waals surface area contributed by atoms with Crippen molar-refractivity contribution in [1.29, 1.82) is 0 Å². The average Bonchev–Trinajstić information content (AvgIpc) is 2.33. The highest BCUT2D eigenvalue weighted by Gasteiger charge is 2.28. The van der Waals surface area contributed by atoms with Crippen molar-refractivity contribution in [3.05, 3.63) is 0 Å². The van der Waals surface area contributed by atoms with Gasteiger partial charge in [0.25, 0.3) is 0 Å². The number of rotatable bonds is 2. The van der Waals surface area contributed by atoms with E-state index >= 15 is 0 Å². The van der Waals surface area contributed by atoms with E-state index in [9.17, 15) is 9.90 Å². The third kappa shape index (κ3) is 4.12. The Morgan fingerprint density at radius 1 is 1.12 bits per heavy atom. The van der Waals surface area contributed by atoms with Crippen LogP contribution in [0.3, 0.4) is 0 Å². The molecule has 2 fully saturated rings. The molecule has 1 unspecified atom stereocenters. The van der Waals surface area contributed by atoms with E-state index in [0.29, 0.717) is 0 Å². The van der Waals surface area contributed by atoms with E-state index in [4.69, 9.17) is 0 Å². The quantitative estimate of drug-likeness (QED) is 0.695. The molecule has 2 aliphatic rings. The molecular formula is C12H23ClN2O2. The Balaban J connectivity index is 0.00000144. The number of piperidine rings is 1. The van der Waals surface area contributed by atoms with Gasteiger partial charge < -0.3 is 15.7 Å². The Hall–Kier alpha value is -0.320. The molecule has 100 valence electrons. The lowest BCUT2D eigenvalue weighted by Crippen LogP contribution is -2.53. The molecule has 1 aliphatic heterocycles. The Bertz CT molecular complexity index is 245. The van der Waals surface area contributed by atoms with E-state index in [1.54, 1.807) is 0 Å². The first kappa shape index (κ1) is 14.7. The number of carbonyl (C=O) groups is 1. The lowest BCUT2D eigenvalue weighted by molar-refractivity contribution is -0.125. The Morgan fingerprint density at radius 3 is 2.47 bits per heavy atom. The summed E-state index contributed by atoms with van der Waals surface area (Å²) in [5, 5.41) is 16.0. The average molecular weight is 263 g/mol. The molecule has 1 amide bonds. The Labute approximate surface area is 109 Å². The first-order valence-electron chi connectivity index (χ1n) is 6.49. The summed E-state index contributed by atoms with van der Waals surface area (Å²) in [6.45, 7) is 0.936. The van der Waals surface area contributed by atoms with E-state index in [0.717, 1.165) is 51.5 Å². The molecule has 5 heteroatoms. The van der Waals surface area contributed by atoms with Crippen molar-refractivity contribution in [2.75, 3.05) is 6.54 Å². The van der Waals surface area contributed by atoms with Crippen LogP contribution in [0.5, 0.6) is 0 Å². The molecule has 1 saturated carbocycles. The minimum absolute atomic E-state index is 0. The zero-order valence-electron chi connectivity index (χ0n) is 10.2. The second kappa shape index (κ2) is 7.19. The normalized spacial score (nSPS) is 33.6.